The molecule has 0 heterocycles. The maximum atomic E-state index is 12.1. The van der Waals surface area contributed by atoms with Crippen molar-refractivity contribution in [2.45, 2.75) is 17.7 Å². The highest BCUT2D eigenvalue weighted by atomic mass is 127. The molecule has 0 spiro atoms. The zero-order valence-electron chi connectivity index (χ0n) is 13.6. The summed E-state index contributed by atoms with van der Waals surface area (Å²) in [6.07, 6.45) is 1.41. The number of rotatable bonds is 9. The molecule has 8 heteroatoms. The van der Waals surface area contributed by atoms with Crippen LogP contribution in [-0.2, 0) is 14.6 Å². The second-order valence-corrected chi connectivity index (χ2v) is 6.87. The number of aliphatic imine (C=N–C) groups is 1. The molecular weight excluding hydrogens is 429 g/mol. The molecule has 0 fully saturated rings. The van der Waals surface area contributed by atoms with E-state index < -0.39 is 9.84 Å². The molecule has 0 amide bonds. The zero-order chi connectivity index (χ0) is 16.3. The number of benzene rings is 1. The largest absolute Gasteiger partial charge is 0.385 e. The second-order valence-electron chi connectivity index (χ2n) is 4.76. The number of ether oxygens (including phenoxy) is 1. The predicted octanol–water partition coefficient (Wildman–Crippen LogP) is 1.67. The normalized spacial score (nSPS) is 11.7. The number of nitrogens with one attached hydrogen (secondary N) is 2. The van der Waals surface area contributed by atoms with E-state index in [1.165, 1.54) is 0 Å². The molecule has 0 saturated heterocycles. The van der Waals surface area contributed by atoms with E-state index in [0.29, 0.717) is 30.4 Å². The van der Waals surface area contributed by atoms with E-state index in [2.05, 4.69) is 15.6 Å². The summed E-state index contributed by atoms with van der Waals surface area (Å²) in [6, 6.07) is 8.52. The number of hydrogen-bond acceptors (Lipinski definition) is 4. The lowest BCUT2D eigenvalue weighted by molar-refractivity contribution is 0.195. The fourth-order valence-corrected chi connectivity index (χ4v) is 3.19. The highest BCUT2D eigenvalue weighted by molar-refractivity contribution is 14.0. The van der Waals surface area contributed by atoms with Crippen LogP contribution in [-0.4, -0.2) is 54.0 Å². The third kappa shape index (κ3) is 9.11. The third-order valence-corrected chi connectivity index (χ3v) is 4.84. The molecule has 2 N–H and O–H groups in total. The molecule has 132 valence electrons. The van der Waals surface area contributed by atoms with Gasteiger partial charge in [-0.25, -0.2) is 8.42 Å². The summed E-state index contributed by atoms with van der Waals surface area (Å²) in [4.78, 5) is 4.45. The van der Waals surface area contributed by atoms with Gasteiger partial charge in [-0.1, -0.05) is 18.2 Å². The lowest BCUT2D eigenvalue weighted by Crippen LogP contribution is -2.38. The van der Waals surface area contributed by atoms with Gasteiger partial charge in [0.1, 0.15) is 0 Å². The molecule has 0 aromatic heterocycles. The van der Waals surface area contributed by atoms with E-state index in [0.717, 1.165) is 13.0 Å². The van der Waals surface area contributed by atoms with Crippen molar-refractivity contribution in [1.82, 2.24) is 10.6 Å². The van der Waals surface area contributed by atoms with Crippen LogP contribution in [0.1, 0.15) is 12.8 Å². The van der Waals surface area contributed by atoms with Crippen molar-refractivity contribution in [2.24, 2.45) is 4.99 Å². The Kier molecular flexibility index (Phi) is 12.1. The van der Waals surface area contributed by atoms with Crippen molar-refractivity contribution >= 4 is 39.8 Å². The summed E-state index contributed by atoms with van der Waals surface area (Å²) in [5.41, 5.74) is 0. The number of hydrogen-bond donors (Lipinski definition) is 2. The minimum Gasteiger partial charge on any atom is -0.385 e. The molecule has 0 atom stereocenters. The Morgan fingerprint density at radius 1 is 1.13 bits per heavy atom. The highest BCUT2D eigenvalue weighted by Crippen LogP contribution is 2.10. The summed E-state index contributed by atoms with van der Waals surface area (Å²) in [6.45, 7) is 2.01. The Balaban J connectivity index is 0.00000484. The summed E-state index contributed by atoms with van der Waals surface area (Å²) in [7, 11) is 0.148. The van der Waals surface area contributed by atoms with E-state index in [1.54, 1.807) is 44.5 Å². The van der Waals surface area contributed by atoms with Crippen LogP contribution in [0.5, 0.6) is 0 Å². The van der Waals surface area contributed by atoms with Crippen LogP contribution >= 0.6 is 24.0 Å². The van der Waals surface area contributed by atoms with E-state index in [4.69, 9.17) is 4.74 Å². The van der Waals surface area contributed by atoms with Crippen molar-refractivity contribution in [3.63, 3.8) is 0 Å². The van der Waals surface area contributed by atoms with Crippen LogP contribution < -0.4 is 10.6 Å². The van der Waals surface area contributed by atoms with Crippen LogP contribution in [0.15, 0.2) is 40.2 Å². The summed E-state index contributed by atoms with van der Waals surface area (Å²) in [5.74, 6) is 0.790. The van der Waals surface area contributed by atoms with Crippen LogP contribution in [0.4, 0.5) is 0 Å². The second kappa shape index (κ2) is 12.5. The molecule has 6 nitrogen and oxygen atoms in total. The molecule has 0 aliphatic carbocycles. The minimum atomic E-state index is -3.21. The highest BCUT2D eigenvalue weighted by Gasteiger charge is 2.12. The van der Waals surface area contributed by atoms with E-state index in [1.807, 2.05) is 0 Å². The maximum Gasteiger partial charge on any atom is 0.190 e. The first-order valence-electron chi connectivity index (χ1n) is 7.31. The molecule has 1 aromatic carbocycles. The van der Waals surface area contributed by atoms with E-state index >= 15 is 0 Å². The number of sulfone groups is 1. The zero-order valence-corrected chi connectivity index (χ0v) is 16.8. The predicted molar refractivity (Wildman–Crippen MR) is 104 cm³/mol. The topological polar surface area (TPSA) is 79.8 Å². The first-order valence-corrected chi connectivity index (χ1v) is 8.96. The van der Waals surface area contributed by atoms with Crippen LogP contribution in [0.3, 0.4) is 0 Å². The van der Waals surface area contributed by atoms with Gasteiger partial charge in [-0.15, -0.1) is 24.0 Å². The van der Waals surface area contributed by atoms with Gasteiger partial charge in [0.05, 0.1) is 10.6 Å². The Hall–Kier alpha value is -0.870. The number of guanidine groups is 1. The molecule has 0 bridgehead atoms. The summed E-state index contributed by atoms with van der Waals surface area (Å²) >= 11 is 0. The molecule has 0 aliphatic heterocycles. The number of nitrogens with zero attached hydrogens (tertiary/aromatic N) is 1. The van der Waals surface area contributed by atoms with Crippen LogP contribution in [0.2, 0.25) is 0 Å². The molecule has 1 aromatic rings. The smallest absolute Gasteiger partial charge is 0.190 e. The lowest BCUT2D eigenvalue weighted by atomic mass is 10.4. The fourth-order valence-electron chi connectivity index (χ4n) is 1.86. The molecule has 0 radical (unpaired) electrons. The van der Waals surface area contributed by atoms with Gasteiger partial charge in [0.2, 0.25) is 0 Å². The average molecular weight is 455 g/mol. The van der Waals surface area contributed by atoms with Gasteiger partial charge in [-0.05, 0) is 25.0 Å². The van der Waals surface area contributed by atoms with Gasteiger partial charge in [0, 0.05) is 33.9 Å². The van der Waals surface area contributed by atoms with Crippen molar-refractivity contribution < 1.29 is 13.2 Å². The van der Waals surface area contributed by atoms with Gasteiger partial charge >= 0.3 is 0 Å². The molecule has 0 saturated carbocycles. The van der Waals surface area contributed by atoms with Crippen molar-refractivity contribution in [3.05, 3.63) is 30.3 Å². The van der Waals surface area contributed by atoms with Gasteiger partial charge in [-0.3, -0.25) is 4.99 Å². The van der Waals surface area contributed by atoms with Crippen LogP contribution in [0, 0.1) is 0 Å². The number of halogens is 1. The summed E-state index contributed by atoms with van der Waals surface area (Å²) < 4.78 is 29.2. The minimum absolute atomic E-state index is 0. The molecule has 0 aliphatic rings. The standard InChI is InChI=1S/C15H25N3O3S.HI/c1-16-15(17-10-6-12-21-2)18-11-7-13-22(19,20)14-8-4-3-5-9-14;/h3-5,8-9H,6-7,10-13H2,1-2H3,(H2,16,17,18);1H. The fraction of sp³-hybridized carbons (Fsp3) is 0.533. The summed E-state index contributed by atoms with van der Waals surface area (Å²) in [5, 5.41) is 6.25. The molecule has 1 rings (SSSR count). The van der Waals surface area contributed by atoms with Gasteiger partial charge in [-0.2, -0.15) is 0 Å². The Bertz CT molecular complexity index is 550. The first-order chi connectivity index (χ1) is 10.6. The van der Waals surface area contributed by atoms with Gasteiger partial charge in [0.15, 0.2) is 15.8 Å². The van der Waals surface area contributed by atoms with Crippen molar-refractivity contribution in [3.8, 4) is 0 Å². The first kappa shape index (κ1) is 22.1. The molecule has 0 unspecified atom stereocenters. The molecular formula is C15H26IN3O3S. The van der Waals surface area contributed by atoms with E-state index in [-0.39, 0.29) is 29.7 Å². The van der Waals surface area contributed by atoms with Gasteiger partial charge in [0.25, 0.3) is 0 Å². The maximum absolute atomic E-state index is 12.1. The van der Waals surface area contributed by atoms with Crippen molar-refractivity contribution in [1.29, 1.82) is 0 Å². The lowest BCUT2D eigenvalue weighted by Gasteiger charge is -2.11. The van der Waals surface area contributed by atoms with Gasteiger partial charge < -0.3 is 15.4 Å². The monoisotopic (exact) mass is 455 g/mol. The van der Waals surface area contributed by atoms with Crippen molar-refractivity contribution in [2.75, 3.05) is 39.6 Å². The van der Waals surface area contributed by atoms with Crippen LogP contribution in [0.25, 0.3) is 0 Å². The Labute approximate surface area is 156 Å². The van der Waals surface area contributed by atoms with E-state index in [9.17, 15) is 8.42 Å². The Morgan fingerprint density at radius 3 is 2.30 bits per heavy atom. The number of methoxy groups -OCH3 is 1. The SMILES string of the molecule is CN=C(NCCCOC)NCCCS(=O)(=O)c1ccccc1.I. The molecule has 23 heavy (non-hydrogen) atoms. The Morgan fingerprint density at radius 2 is 1.74 bits per heavy atom. The third-order valence-electron chi connectivity index (χ3n) is 3.03. The average Bonchev–Trinajstić information content (AvgIpc) is 2.54. The quantitative estimate of drug-likeness (QED) is 0.256.